The quantitative estimate of drug-likeness (QED) is 0.880. The molecule has 2 atom stereocenters. The second kappa shape index (κ2) is 7.51. The summed E-state index contributed by atoms with van der Waals surface area (Å²) in [6.07, 6.45) is 4.58. The Bertz CT molecular complexity index is 603. The average molecular weight is 350 g/mol. The van der Waals surface area contributed by atoms with Gasteiger partial charge in [-0.1, -0.05) is 6.92 Å². The molecule has 1 aromatic rings. The van der Waals surface area contributed by atoms with Crippen LogP contribution in [0.1, 0.15) is 44.7 Å². The van der Waals surface area contributed by atoms with Gasteiger partial charge in [-0.15, -0.1) is 11.3 Å². The summed E-state index contributed by atoms with van der Waals surface area (Å²) in [6.45, 7) is 4.50. The molecule has 132 valence electrons. The molecule has 2 aliphatic heterocycles. The van der Waals surface area contributed by atoms with Crippen molar-refractivity contribution in [3.05, 3.63) is 11.1 Å². The number of nitrogen functional groups attached to an aromatic ring is 1. The third-order valence-electron chi connectivity index (χ3n) is 5.13. The number of anilines is 1. The van der Waals surface area contributed by atoms with Crippen LogP contribution >= 0.6 is 11.3 Å². The van der Waals surface area contributed by atoms with Crippen molar-refractivity contribution in [2.24, 2.45) is 5.92 Å². The Morgan fingerprint density at radius 1 is 1.46 bits per heavy atom. The molecule has 0 spiro atoms. The number of rotatable bonds is 5. The minimum absolute atomic E-state index is 0.193. The summed E-state index contributed by atoms with van der Waals surface area (Å²) in [6, 6.07) is 0.327. The van der Waals surface area contributed by atoms with Gasteiger partial charge in [0.1, 0.15) is 0 Å². The van der Waals surface area contributed by atoms with Gasteiger partial charge in [-0.3, -0.25) is 9.59 Å². The van der Waals surface area contributed by atoms with E-state index < -0.39 is 0 Å². The molecule has 2 saturated heterocycles. The number of piperidine rings is 2. The predicted octanol–water partition coefficient (Wildman–Crippen LogP) is 1.91. The first-order valence-electron chi connectivity index (χ1n) is 8.85. The maximum absolute atomic E-state index is 12.5. The molecule has 2 N–H and O–H groups in total. The lowest BCUT2D eigenvalue weighted by molar-refractivity contribution is -0.144. The van der Waals surface area contributed by atoms with Crippen LogP contribution in [0.15, 0.2) is 5.38 Å². The van der Waals surface area contributed by atoms with E-state index in [0.717, 1.165) is 44.6 Å². The van der Waals surface area contributed by atoms with Crippen LogP contribution in [0.3, 0.4) is 0 Å². The molecule has 6 nitrogen and oxygen atoms in total. The first kappa shape index (κ1) is 17.2. The van der Waals surface area contributed by atoms with E-state index in [1.807, 2.05) is 10.3 Å². The number of aryl methyl sites for hydroxylation is 1. The normalized spacial score (nSPS) is 24.1. The van der Waals surface area contributed by atoms with Gasteiger partial charge in [-0.2, -0.15) is 0 Å². The standard InChI is InChI=1S/C17H26N4O2S/c1-2-8-21-14-7-9-20(10-12(14)3-5-16(21)23)15(22)6-4-13-11-24-17(18)19-13/h11-12,14H,2-10H2,1H3,(H2,18,19)/t12-,14+/m0/s1. The van der Waals surface area contributed by atoms with Gasteiger partial charge in [0.15, 0.2) is 5.13 Å². The van der Waals surface area contributed by atoms with E-state index in [-0.39, 0.29) is 5.91 Å². The molecule has 0 bridgehead atoms. The lowest BCUT2D eigenvalue weighted by Gasteiger charge is -2.47. The zero-order valence-electron chi connectivity index (χ0n) is 14.2. The number of amides is 2. The Morgan fingerprint density at radius 3 is 3.00 bits per heavy atom. The molecule has 0 radical (unpaired) electrons. The average Bonchev–Trinajstić information content (AvgIpc) is 3.00. The molecule has 0 aromatic carbocycles. The highest BCUT2D eigenvalue weighted by Gasteiger charge is 2.39. The van der Waals surface area contributed by atoms with Crippen LogP contribution < -0.4 is 5.73 Å². The van der Waals surface area contributed by atoms with Crippen molar-refractivity contribution in [1.82, 2.24) is 14.8 Å². The molecule has 2 amide bonds. The molecule has 0 aliphatic carbocycles. The van der Waals surface area contributed by atoms with Crippen LogP contribution in [0.4, 0.5) is 5.13 Å². The molecule has 0 unspecified atom stereocenters. The smallest absolute Gasteiger partial charge is 0.222 e. The van der Waals surface area contributed by atoms with Crippen LogP contribution in [0.25, 0.3) is 0 Å². The maximum Gasteiger partial charge on any atom is 0.222 e. The number of thiazole rings is 1. The fourth-order valence-corrected chi connectivity index (χ4v) is 4.54. The number of hydrogen-bond acceptors (Lipinski definition) is 5. The Kier molecular flexibility index (Phi) is 5.38. The van der Waals surface area contributed by atoms with E-state index in [9.17, 15) is 9.59 Å². The third-order valence-corrected chi connectivity index (χ3v) is 5.85. The van der Waals surface area contributed by atoms with Crippen molar-refractivity contribution >= 4 is 28.3 Å². The van der Waals surface area contributed by atoms with Gasteiger partial charge < -0.3 is 15.5 Å². The number of nitrogens with two attached hydrogens (primary N) is 1. The second-order valence-corrected chi connectivity index (χ2v) is 7.65. The monoisotopic (exact) mass is 350 g/mol. The van der Waals surface area contributed by atoms with Gasteiger partial charge in [0, 0.05) is 43.9 Å². The largest absolute Gasteiger partial charge is 0.375 e. The predicted molar refractivity (Wildman–Crippen MR) is 94.6 cm³/mol. The third kappa shape index (κ3) is 3.71. The highest BCUT2D eigenvalue weighted by atomic mass is 32.1. The van der Waals surface area contributed by atoms with E-state index >= 15 is 0 Å². The van der Waals surface area contributed by atoms with Crippen LogP contribution in [-0.2, 0) is 16.0 Å². The fraction of sp³-hybridized carbons (Fsp3) is 0.706. The molecule has 7 heteroatoms. The number of fused-ring (bicyclic) bond motifs is 1. The van der Waals surface area contributed by atoms with E-state index in [0.29, 0.717) is 42.3 Å². The van der Waals surface area contributed by atoms with E-state index in [1.165, 1.54) is 11.3 Å². The molecule has 0 saturated carbocycles. The van der Waals surface area contributed by atoms with Crippen molar-refractivity contribution in [3.63, 3.8) is 0 Å². The Hall–Kier alpha value is -1.63. The first-order valence-corrected chi connectivity index (χ1v) is 9.73. The second-order valence-electron chi connectivity index (χ2n) is 6.76. The zero-order valence-corrected chi connectivity index (χ0v) is 15.1. The van der Waals surface area contributed by atoms with Gasteiger partial charge >= 0.3 is 0 Å². The molecule has 3 heterocycles. The van der Waals surface area contributed by atoms with Crippen LogP contribution in [0, 0.1) is 5.92 Å². The number of aromatic nitrogens is 1. The van der Waals surface area contributed by atoms with Gasteiger partial charge in [0.05, 0.1) is 5.69 Å². The molecule has 1 aromatic heterocycles. The lowest BCUT2D eigenvalue weighted by Crippen LogP contribution is -2.57. The van der Waals surface area contributed by atoms with Crippen molar-refractivity contribution in [2.45, 2.75) is 51.5 Å². The SMILES string of the molecule is CCCN1C(=O)CC[C@H]2CN(C(=O)CCc3csc(N)n3)CC[C@H]21. The zero-order chi connectivity index (χ0) is 17.1. The number of hydrogen-bond donors (Lipinski definition) is 1. The molecule has 2 aliphatic rings. The van der Waals surface area contributed by atoms with Crippen molar-refractivity contribution < 1.29 is 9.59 Å². The van der Waals surface area contributed by atoms with Gasteiger partial charge in [0.25, 0.3) is 0 Å². The van der Waals surface area contributed by atoms with Crippen LogP contribution in [0.2, 0.25) is 0 Å². The summed E-state index contributed by atoms with van der Waals surface area (Å²) in [5, 5.41) is 2.48. The lowest BCUT2D eigenvalue weighted by atomic mass is 9.83. The van der Waals surface area contributed by atoms with Crippen LogP contribution in [-0.4, -0.2) is 52.3 Å². The number of likely N-dealkylation sites (tertiary alicyclic amines) is 2. The Morgan fingerprint density at radius 2 is 2.29 bits per heavy atom. The molecular weight excluding hydrogens is 324 g/mol. The van der Waals surface area contributed by atoms with Crippen LogP contribution in [0.5, 0.6) is 0 Å². The topological polar surface area (TPSA) is 79.5 Å². The molecular formula is C17H26N4O2S. The number of carbonyl (C=O) groups excluding carboxylic acids is 2. The highest BCUT2D eigenvalue weighted by Crippen LogP contribution is 2.31. The van der Waals surface area contributed by atoms with E-state index in [2.05, 4.69) is 16.8 Å². The molecule has 2 fully saturated rings. The summed E-state index contributed by atoms with van der Waals surface area (Å²) >= 11 is 1.42. The van der Waals surface area contributed by atoms with Crippen molar-refractivity contribution in [1.29, 1.82) is 0 Å². The summed E-state index contributed by atoms with van der Waals surface area (Å²) in [5.74, 6) is 0.917. The van der Waals surface area contributed by atoms with E-state index in [4.69, 9.17) is 5.73 Å². The minimum Gasteiger partial charge on any atom is -0.375 e. The Labute approximate surface area is 147 Å². The van der Waals surface area contributed by atoms with Crippen molar-refractivity contribution in [2.75, 3.05) is 25.4 Å². The van der Waals surface area contributed by atoms with Crippen molar-refractivity contribution in [3.8, 4) is 0 Å². The highest BCUT2D eigenvalue weighted by molar-refractivity contribution is 7.13. The first-order chi connectivity index (χ1) is 11.6. The summed E-state index contributed by atoms with van der Waals surface area (Å²) < 4.78 is 0. The van der Waals surface area contributed by atoms with Gasteiger partial charge in [-0.25, -0.2) is 4.98 Å². The number of nitrogens with zero attached hydrogens (tertiary/aromatic N) is 3. The molecule has 24 heavy (non-hydrogen) atoms. The van der Waals surface area contributed by atoms with E-state index in [1.54, 1.807) is 0 Å². The summed E-state index contributed by atoms with van der Waals surface area (Å²) in [4.78, 5) is 32.9. The maximum atomic E-state index is 12.5. The Balaban J connectivity index is 1.54. The summed E-state index contributed by atoms with van der Waals surface area (Å²) in [7, 11) is 0. The minimum atomic E-state index is 0.193. The van der Waals surface area contributed by atoms with Gasteiger partial charge in [-0.05, 0) is 31.6 Å². The molecule has 3 rings (SSSR count). The van der Waals surface area contributed by atoms with Gasteiger partial charge in [0.2, 0.25) is 11.8 Å². The summed E-state index contributed by atoms with van der Waals surface area (Å²) in [5.41, 5.74) is 6.53. The number of carbonyl (C=O) groups is 2. The fourth-order valence-electron chi connectivity index (χ4n) is 3.94.